The summed E-state index contributed by atoms with van der Waals surface area (Å²) >= 11 is 12.2. The van der Waals surface area contributed by atoms with Crippen LogP contribution >= 0.6 is 23.2 Å². The van der Waals surface area contributed by atoms with E-state index >= 15 is 0 Å². The number of nitro benzene ring substituents is 2. The first kappa shape index (κ1) is 22.0. The molecule has 3 aromatic carbocycles. The lowest BCUT2D eigenvalue weighted by atomic mass is 10.2. The summed E-state index contributed by atoms with van der Waals surface area (Å²) in [5, 5.41) is 26.8. The number of ether oxygens (including phenoxy) is 1. The average Bonchev–Trinajstić information content (AvgIpc) is 2.73. The Morgan fingerprint density at radius 1 is 1.00 bits per heavy atom. The van der Waals surface area contributed by atoms with E-state index in [0.717, 1.165) is 17.7 Å². The van der Waals surface area contributed by atoms with Gasteiger partial charge in [-0.2, -0.15) is 5.10 Å². The van der Waals surface area contributed by atoms with Crippen molar-refractivity contribution in [2.45, 2.75) is 6.61 Å². The largest absolute Gasteiger partial charge is 0.487 e. The molecule has 3 aromatic rings. The topological polar surface area (TPSA) is 120 Å². The van der Waals surface area contributed by atoms with E-state index in [4.69, 9.17) is 27.9 Å². The maximum atomic E-state index is 11.1. The molecule has 11 heteroatoms. The Morgan fingerprint density at radius 2 is 1.81 bits per heavy atom. The second-order valence-corrected chi connectivity index (χ2v) is 7.04. The van der Waals surface area contributed by atoms with Crippen LogP contribution in [0.4, 0.5) is 17.1 Å². The Bertz CT molecular complexity index is 1170. The Kier molecular flexibility index (Phi) is 7.01. The second-order valence-electron chi connectivity index (χ2n) is 6.19. The van der Waals surface area contributed by atoms with Gasteiger partial charge in [-0.25, -0.2) is 0 Å². The third-order valence-electron chi connectivity index (χ3n) is 4.03. The van der Waals surface area contributed by atoms with Crippen LogP contribution < -0.4 is 10.2 Å². The van der Waals surface area contributed by atoms with Crippen LogP contribution in [-0.4, -0.2) is 16.1 Å². The highest BCUT2D eigenvalue weighted by atomic mass is 35.5. The highest BCUT2D eigenvalue weighted by Crippen LogP contribution is 2.29. The monoisotopic (exact) mass is 460 g/mol. The van der Waals surface area contributed by atoms with E-state index in [-0.39, 0.29) is 11.4 Å². The number of rotatable bonds is 8. The molecule has 0 saturated carbocycles. The molecule has 0 spiro atoms. The molecule has 9 nitrogen and oxygen atoms in total. The molecule has 158 valence electrons. The minimum atomic E-state index is -0.728. The lowest BCUT2D eigenvalue weighted by Gasteiger charge is -2.09. The van der Waals surface area contributed by atoms with E-state index in [0.29, 0.717) is 28.0 Å². The molecule has 0 amide bonds. The number of hydrazone groups is 1. The number of hydrogen-bond donors (Lipinski definition) is 1. The van der Waals surface area contributed by atoms with Crippen molar-refractivity contribution in [2.75, 3.05) is 5.43 Å². The summed E-state index contributed by atoms with van der Waals surface area (Å²) in [4.78, 5) is 20.5. The molecule has 0 aliphatic rings. The van der Waals surface area contributed by atoms with E-state index in [1.807, 2.05) is 12.1 Å². The van der Waals surface area contributed by atoms with E-state index in [1.165, 1.54) is 12.3 Å². The van der Waals surface area contributed by atoms with Crippen LogP contribution in [0.2, 0.25) is 10.0 Å². The molecule has 0 fully saturated rings. The molecule has 0 aliphatic heterocycles. The molecule has 0 heterocycles. The van der Waals surface area contributed by atoms with Gasteiger partial charge in [-0.3, -0.25) is 25.7 Å². The third-order valence-corrected chi connectivity index (χ3v) is 4.56. The van der Waals surface area contributed by atoms with Crippen molar-refractivity contribution < 1.29 is 14.6 Å². The van der Waals surface area contributed by atoms with Gasteiger partial charge in [0.15, 0.2) is 0 Å². The van der Waals surface area contributed by atoms with Gasteiger partial charge >= 0.3 is 5.69 Å². The van der Waals surface area contributed by atoms with Crippen molar-refractivity contribution in [2.24, 2.45) is 5.10 Å². The van der Waals surface area contributed by atoms with E-state index in [1.54, 1.807) is 30.3 Å². The van der Waals surface area contributed by atoms with Gasteiger partial charge < -0.3 is 4.74 Å². The molecule has 0 radical (unpaired) electrons. The number of hydrogen-bond acceptors (Lipinski definition) is 7. The fourth-order valence-electron chi connectivity index (χ4n) is 2.56. The Labute approximate surface area is 186 Å². The van der Waals surface area contributed by atoms with Gasteiger partial charge in [0.2, 0.25) is 0 Å². The Morgan fingerprint density at radius 3 is 2.48 bits per heavy atom. The van der Waals surface area contributed by atoms with Gasteiger partial charge in [-0.1, -0.05) is 35.3 Å². The lowest BCUT2D eigenvalue weighted by Crippen LogP contribution is -1.99. The quantitative estimate of drug-likeness (QED) is 0.256. The normalized spacial score (nSPS) is 10.8. The first-order valence-electron chi connectivity index (χ1n) is 8.72. The molecular weight excluding hydrogens is 447 g/mol. The number of halogens is 2. The van der Waals surface area contributed by atoms with Crippen LogP contribution in [0.15, 0.2) is 65.8 Å². The summed E-state index contributed by atoms with van der Waals surface area (Å²) < 4.78 is 5.70. The molecule has 3 rings (SSSR count). The summed E-state index contributed by atoms with van der Waals surface area (Å²) in [7, 11) is 0. The van der Waals surface area contributed by atoms with Gasteiger partial charge in [-0.05, 0) is 47.5 Å². The molecule has 31 heavy (non-hydrogen) atoms. The van der Waals surface area contributed by atoms with Crippen LogP contribution in [0.1, 0.15) is 11.1 Å². The van der Waals surface area contributed by atoms with Crippen LogP contribution in [0, 0.1) is 20.2 Å². The van der Waals surface area contributed by atoms with Gasteiger partial charge in [0.1, 0.15) is 18.0 Å². The van der Waals surface area contributed by atoms with Gasteiger partial charge in [-0.15, -0.1) is 0 Å². The summed E-state index contributed by atoms with van der Waals surface area (Å²) in [5.41, 5.74) is 3.18. The zero-order valence-corrected chi connectivity index (χ0v) is 17.2. The molecular formula is C20H14Cl2N4O5. The molecule has 0 aromatic heterocycles. The van der Waals surface area contributed by atoms with Crippen LogP contribution in [-0.2, 0) is 6.61 Å². The zero-order chi connectivity index (χ0) is 22.4. The van der Waals surface area contributed by atoms with E-state index in [9.17, 15) is 20.2 Å². The molecule has 0 saturated heterocycles. The third kappa shape index (κ3) is 5.91. The van der Waals surface area contributed by atoms with Crippen LogP contribution in [0.5, 0.6) is 5.75 Å². The number of nitrogens with zero attached hydrogens (tertiary/aromatic N) is 3. The first-order valence-corrected chi connectivity index (χ1v) is 9.48. The number of anilines is 1. The lowest BCUT2D eigenvalue weighted by molar-refractivity contribution is -0.393. The maximum absolute atomic E-state index is 11.1. The highest BCUT2D eigenvalue weighted by molar-refractivity contribution is 6.32. The van der Waals surface area contributed by atoms with Gasteiger partial charge in [0.05, 0.1) is 27.2 Å². The standard InChI is InChI=1S/C20H14Cl2N4O5/c21-15-3-1-2-14(8-15)12-31-20-7-4-13(9-17(20)22)11-23-24-18-6-5-16(25(27)28)10-19(18)26(29)30/h1-11,24H,12H2/b23-11+. The zero-order valence-electron chi connectivity index (χ0n) is 15.7. The summed E-state index contributed by atoms with van der Waals surface area (Å²) in [6.45, 7) is 0.291. The number of non-ortho nitro benzene ring substituents is 1. The van der Waals surface area contributed by atoms with E-state index in [2.05, 4.69) is 10.5 Å². The van der Waals surface area contributed by atoms with Crippen molar-refractivity contribution in [3.05, 3.63) is 102 Å². The molecule has 0 unspecified atom stereocenters. The minimum Gasteiger partial charge on any atom is -0.487 e. The Balaban J connectivity index is 1.67. The number of nitrogens with one attached hydrogen (secondary N) is 1. The number of benzene rings is 3. The predicted octanol–water partition coefficient (Wildman–Crippen LogP) is 5.83. The average molecular weight is 461 g/mol. The summed E-state index contributed by atoms with van der Waals surface area (Å²) in [6, 6.07) is 15.5. The highest BCUT2D eigenvalue weighted by Gasteiger charge is 2.19. The second kappa shape index (κ2) is 9.88. The number of nitro groups is 2. The van der Waals surface area contributed by atoms with Crippen LogP contribution in [0.3, 0.4) is 0 Å². The molecule has 0 aliphatic carbocycles. The van der Waals surface area contributed by atoms with Crippen molar-refractivity contribution in [1.29, 1.82) is 0 Å². The fourth-order valence-corrected chi connectivity index (χ4v) is 3.01. The Hall–Kier alpha value is -3.69. The smallest absolute Gasteiger partial charge is 0.301 e. The first-order chi connectivity index (χ1) is 14.8. The fraction of sp³-hybridized carbons (Fsp3) is 0.0500. The predicted molar refractivity (Wildman–Crippen MR) is 118 cm³/mol. The van der Waals surface area contributed by atoms with Crippen molar-refractivity contribution in [3.63, 3.8) is 0 Å². The van der Waals surface area contributed by atoms with Crippen LogP contribution in [0.25, 0.3) is 0 Å². The SMILES string of the molecule is O=[N+]([O-])c1ccc(N/N=C/c2ccc(OCc3cccc(Cl)c3)c(Cl)c2)c([N+](=O)[O-])c1. The van der Waals surface area contributed by atoms with Gasteiger partial charge in [0, 0.05) is 11.1 Å². The van der Waals surface area contributed by atoms with Crippen molar-refractivity contribution in [3.8, 4) is 5.75 Å². The molecule has 0 atom stereocenters. The summed E-state index contributed by atoms with van der Waals surface area (Å²) in [6.07, 6.45) is 1.40. The van der Waals surface area contributed by atoms with Crippen molar-refractivity contribution in [1.82, 2.24) is 0 Å². The van der Waals surface area contributed by atoms with Gasteiger partial charge in [0.25, 0.3) is 5.69 Å². The summed E-state index contributed by atoms with van der Waals surface area (Å²) in [5.74, 6) is 0.470. The maximum Gasteiger partial charge on any atom is 0.301 e. The minimum absolute atomic E-state index is 0.0134. The molecule has 1 N–H and O–H groups in total. The van der Waals surface area contributed by atoms with E-state index < -0.39 is 15.5 Å². The molecule has 0 bridgehead atoms. The van der Waals surface area contributed by atoms with Crippen molar-refractivity contribution >= 4 is 46.5 Å².